The minimum atomic E-state index is 0.0256. The zero-order valence-corrected chi connectivity index (χ0v) is 11.8. The lowest BCUT2D eigenvalue weighted by molar-refractivity contribution is -0.134. The second-order valence-corrected chi connectivity index (χ2v) is 5.07. The molecule has 0 aliphatic carbocycles. The van der Waals surface area contributed by atoms with Gasteiger partial charge in [-0.25, -0.2) is 0 Å². The Morgan fingerprint density at radius 1 is 1.53 bits per heavy atom. The highest BCUT2D eigenvalue weighted by Crippen LogP contribution is 2.23. The fourth-order valence-corrected chi connectivity index (χ4v) is 2.59. The lowest BCUT2D eigenvalue weighted by Gasteiger charge is -2.24. The summed E-state index contributed by atoms with van der Waals surface area (Å²) in [6.07, 6.45) is 2.11. The molecule has 0 spiro atoms. The third kappa shape index (κ3) is 3.61. The first-order chi connectivity index (χ1) is 9.22. The lowest BCUT2D eigenvalue weighted by Crippen LogP contribution is -2.43. The molecule has 19 heavy (non-hydrogen) atoms. The summed E-state index contributed by atoms with van der Waals surface area (Å²) in [5, 5.41) is 3.65. The molecule has 0 bridgehead atoms. The minimum absolute atomic E-state index is 0.0256. The number of ether oxygens (including phenoxy) is 1. The Hall–Kier alpha value is -1.26. The Kier molecular flexibility index (Phi) is 5.05. The molecule has 1 fully saturated rings. The van der Waals surface area contributed by atoms with Crippen molar-refractivity contribution >= 4 is 17.5 Å². The topological polar surface area (TPSA) is 41.6 Å². The Morgan fingerprint density at radius 3 is 3.05 bits per heavy atom. The number of carbonyl (C=O) groups is 1. The molecule has 0 unspecified atom stereocenters. The van der Waals surface area contributed by atoms with Gasteiger partial charge in [0.25, 0.3) is 5.91 Å². The van der Waals surface area contributed by atoms with Gasteiger partial charge >= 0.3 is 0 Å². The van der Waals surface area contributed by atoms with Crippen LogP contribution in [-0.4, -0.2) is 43.6 Å². The molecular weight excluding hydrogens is 264 g/mol. The van der Waals surface area contributed by atoms with E-state index in [2.05, 4.69) is 5.32 Å². The summed E-state index contributed by atoms with van der Waals surface area (Å²) in [5.74, 6) is 0.583. The van der Waals surface area contributed by atoms with Gasteiger partial charge in [0.2, 0.25) is 0 Å². The van der Waals surface area contributed by atoms with Crippen molar-refractivity contribution in [3.05, 3.63) is 29.3 Å². The number of benzene rings is 1. The third-order valence-electron chi connectivity index (χ3n) is 3.33. The zero-order valence-electron chi connectivity index (χ0n) is 11.1. The lowest BCUT2D eigenvalue weighted by atomic mass is 10.2. The first-order valence-corrected chi connectivity index (χ1v) is 6.91. The molecule has 1 N–H and O–H groups in total. The van der Waals surface area contributed by atoms with Gasteiger partial charge in [-0.2, -0.15) is 0 Å². The molecule has 1 atom stereocenters. The summed E-state index contributed by atoms with van der Waals surface area (Å²) in [5.41, 5.74) is 0. The van der Waals surface area contributed by atoms with Crippen LogP contribution in [0.25, 0.3) is 0 Å². The molecule has 0 aromatic heterocycles. The van der Waals surface area contributed by atoms with E-state index >= 15 is 0 Å². The van der Waals surface area contributed by atoms with Crippen molar-refractivity contribution in [2.75, 3.05) is 26.7 Å². The van der Waals surface area contributed by atoms with E-state index in [1.54, 1.807) is 12.1 Å². The predicted molar refractivity (Wildman–Crippen MR) is 75.6 cm³/mol. The van der Waals surface area contributed by atoms with Crippen LogP contribution < -0.4 is 10.1 Å². The van der Waals surface area contributed by atoms with Crippen molar-refractivity contribution in [1.82, 2.24) is 10.2 Å². The summed E-state index contributed by atoms with van der Waals surface area (Å²) in [6.45, 7) is 1.69. The summed E-state index contributed by atoms with van der Waals surface area (Å²) >= 11 is 5.99. The van der Waals surface area contributed by atoms with Crippen molar-refractivity contribution in [2.24, 2.45) is 0 Å². The van der Waals surface area contributed by atoms with E-state index in [-0.39, 0.29) is 18.6 Å². The molecule has 1 aromatic rings. The largest absolute Gasteiger partial charge is 0.482 e. The van der Waals surface area contributed by atoms with E-state index in [1.165, 1.54) is 0 Å². The van der Waals surface area contributed by atoms with Crippen LogP contribution in [-0.2, 0) is 4.79 Å². The highest BCUT2D eigenvalue weighted by Gasteiger charge is 2.28. The molecule has 1 saturated heterocycles. The number of nitrogens with zero attached hydrogens (tertiary/aromatic N) is 1. The second-order valence-electron chi connectivity index (χ2n) is 4.66. The monoisotopic (exact) mass is 282 g/mol. The smallest absolute Gasteiger partial charge is 0.260 e. The Labute approximate surface area is 118 Å². The van der Waals surface area contributed by atoms with Crippen molar-refractivity contribution in [3.63, 3.8) is 0 Å². The number of hydrogen-bond donors (Lipinski definition) is 1. The van der Waals surface area contributed by atoms with E-state index in [4.69, 9.17) is 16.3 Å². The summed E-state index contributed by atoms with van der Waals surface area (Å²) in [7, 11) is 1.90. The fraction of sp³-hybridized carbons (Fsp3) is 0.500. The van der Waals surface area contributed by atoms with Crippen LogP contribution in [0.15, 0.2) is 24.3 Å². The van der Waals surface area contributed by atoms with Gasteiger partial charge in [0, 0.05) is 19.1 Å². The predicted octanol–water partition coefficient (Wildman–Crippen LogP) is 1.93. The molecule has 0 saturated carbocycles. The Balaban J connectivity index is 1.89. The number of para-hydroxylation sites is 1. The number of rotatable bonds is 5. The van der Waals surface area contributed by atoms with Crippen LogP contribution in [0.2, 0.25) is 5.02 Å². The van der Waals surface area contributed by atoms with Gasteiger partial charge < -0.3 is 15.0 Å². The molecule has 2 rings (SSSR count). The van der Waals surface area contributed by atoms with E-state index in [0.717, 1.165) is 25.9 Å². The third-order valence-corrected chi connectivity index (χ3v) is 3.64. The summed E-state index contributed by atoms with van der Waals surface area (Å²) in [6, 6.07) is 7.48. The van der Waals surface area contributed by atoms with E-state index in [0.29, 0.717) is 10.8 Å². The molecular formula is C14H19ClN2O2. The molecule has 1 aromatic carbocycles. The first-order valence-electron chi connectivity index (χ1n) is 6.53. The van der Waals surface area contributed by atoms with Crippen molar-refractivity contribution < 1.29 is 9.53 Å². The number of hydrogen-bond acceptors (Lipinski definition) is 3. The molecule has 1 aliphatic heterocycles. The standard InChI is InChI=1S/C14H19ClN2O2/c1-16-9-11-5-4-8-17(11)14(18)10-19-13-7-3-2-6-12(13)15/h2-3,6-7,11,16H,4-5,8-10H2,1H3/t11-/m0/s1. The number of amides is 1. The highest BCUT2D eigenvalue weighted by atomic mass is 35.5. The summed E-state index contributed by atoms with van der Waals surface area (Å²) in [4.78, 5) is 14.0. The molecule has 104 valence electrons. The van der Waals surface area contributed by atoms with Crippen LogP contribution in [0.4, 0.5) is 0 Å². The SMILES string of the molecule is CNC[C@@H]1CCCN1C(=O)COc1ccccc1Cl. The average Bonchev–Trinajstić information content (AvgIpc) is 2.86. The van der Waals surface area contributed by atoms with E-state index in [1.807, 2.05) is 24.1 Å². The van der Waals surface area contributed by atoms with Crippen molar-refractivity contribution in [3.8, 4) is 5.75 Å². The van der Waals surface area contributed by atoms with Gasteiger partial charge in [0.05, 0.1) is 5.02 Å². The van der Waals surface area contributed by atoms with Crippen LogP contribution in [0.5, 0.6) is 5.75 Å². The molecule has 1 aliphatic rings. The van der Waals surface area contributed by atoms with Gasteiger partial charge in [0.1, 0.15) is 5.75 Å². The molecule has 4 nitrogen and oxygen atoms in total. The molecule has 1 amide bonds. The maximum absolute atomic E-state index is 12.1. The molecule has 1 heterocycles. The maximum atomic E-state index is 12.1. The number of carbonyl (C=O) groups excluding carboxylic acids is 1. The summed E-state index contributed by atoms with van der Waals surface area (Å²) < 4.78 is 5.49. The second kappa shape index (κ2) is 6.78. The van der Waals surface area contributed by atoms with Gasteiger partial charge in [-0.3, -0.25) is 4.79 Å². The Morgan fingerprint density at radius 2 is 2.32 bits per heavy atom. The van der Waals surface area contributed by atoms with Crippen LogP contribution in [0.1, 0.15) is 12.8 Å². The van der Waals surface area contributed by atoms with Crippen molar-refractivity contribution in [2.45, 2.75) is 18.9 Å². The van der Waals surface area contributed by atoms with Crippen LogP contribution in [0.3, 0.4) is 0 Å². The quantitative estimate of drug-likeness (QED) is 0.897. The maximum Gasteiger partial charge on any atom is 0.260 e. The number of likely N-dealkylation sites (tertiary alicyclic amines) is 1. The number of halogens is 1. The van der Waals surface area contributed by atoms with E-state index < -0.39 is 0 Å². The fourth-order valence-electron chi connectivity index (χ4n) is 2.40. The Bertz CT molecular complexity index is 439. The zero-order chi connectivity index (χ0) is 13.7. The van der Waals surface area contributed by atoms with Gasteiger partial charge in [0.15, 0.2) is 6.61 Å². The van der Waals surface area contributed by atoms with Gasteiger partial charge in [-0.05, 0) is 32.0 Å². The highest BCUT2D eigenvalue weighted by molar-refractivity contribution is 6.32. The number of likely N-dealkylation sites (N-methyl/N-ethyl adjacent to an activating group) is 1. The van der Waals surface area contributed by atoms with Crippen LogP contribution in [0, 0.1) is 0 Å². The van der Waals surface area contributed by atoms with Gasteiger partial charge in [-0.15, -0.1) is 0 Å². The van der Waals surface area contributed by atoms with Crippen molar-refractivity contribution in [1.29, 1.82) is 0 Å². The first kappa shape index (κ1) is 14.2. The average molecular weight is 283 g/mol. The molecule has 5 heteroatoms. The minimum Gasteiger partial charge on any atom is -0.482 e. The van der Waals surface area contributed by atoms with E-state index in [9.17, 15) is 4.79 Å². The normalized spacial score (nSPS) is 18.6. The van der Waals surface area contributed by atoms with Crippen LogP contribution >= 0.6 is 11.6 Å². The number of nitrogens with one attached hydrogen (secondary N) is 1. The van der Waals surface area contributed by atoms with Gasteiger partial charge in [-0.1, -0.05) is 23.7 Å². The molecule has 0 radical (unpaired) electrons.